The maximum Gasteiger partial charge on any atom is 0.235 e. The van der Waals surface area contributed by atoms with E-state index in [1.54, 1.807) is 0 Å². The van der Waals surface area contributed by atoms with E-state index in [1.807, 2.05) is 11.7 Å². The summed E-state index contributed by atoms with van der Waals surface area (Å²) < 4.78 is 1.94. The minimum atomic E-state index is -0.142. The van der Waals surface area contributed by atoms with E-state index in [0.717, 1.165) is 18.5 Å². The Balaban J connectivity index is 2.12. The highest BCUT2D eigenvalue weighted by Gasteiger charge is 2.19. The first-order valence-electron chi connectivity index (χ1n) is 5.58. The van der Waals surface area contributed by atoms with Gasteiger partial charge in [0.2, 0.25) is 5.91 Å². The fourth-order valence-electron chi connectivity index (χ4n) is 2.23. The number of halogens is 1. The van der Waals surface area contributed by atoms with E-state index in [4.69, 9.17) is 11.6 Å². The Labute approximate surface area is 100.0 Å². The Morgan fingerprint density at radius 2 is 2.25 bits per heavy atom. The average molecular weight is 242 g/mol. The van der Waals surface area contributed by atoms with Gasteiger partial charge in [-0.2, -0.15) is 5.10 Å². The number of carbonyl (C=O) groups excluding carboxylic acids is 1. The van der Waals surface area contributed by atoms with Gasteiger partial charge >= 0.3 is 0 Å². The second-order valence-corrected chi connectivity index (χ2v) is 4.38. The molecule has 0 fully saturated rings. The Morgan fingerprint density at radius 3 is 3.00 bits per heavy atom. The third kappa shape index (κ3) is 2.21. The zero-order valence-electron chi connectivity index (χ0n) is 9.42. The number of rotatable bonds is 3. The van der Waals surface area contributed by atoms with Gasteiger partial charge in [0, 0.05) is 12.7 Å². The van der Waals surface area contributed by atoms with E-state index in [2.05, 4.69) is 10.4 Å². The van der Waals surface area contributed by atoms with Gasteiger partial charge in [0.1, 0.15) is 5.88 Å². The predicted octanol–water partition coefficient (Wildman–Crippen LogP) is 1.15. The van der Waals surface area contributed by atoms with Crippen molar-refractivity contribution in [1.29, 1.82) is 0 Å². The van der Waals surface area contributed by atoms with Gasteiger partial charge in [0.05, 0.1) is 12.2 Å². The summed E-state index contributed by atoms with van der Waals surface area (Å²) in [7, 11) is 1.97. The maximum atomic E-state index is 11.1. The quantitative estimate of drug-likeness (QED) is 0.808. The summed E-state index contributed by atoms with van der Waals surface area (Å²) in [6, 6.07) is 0. The van der Waals surface area contributed by atoms with Crippen LogP contribution in [0, 0.1) is 0 Å². The summed E-state index contributed by atoms with van der Waals surface area (Å²) in [4.78, 5) is 11.1. The maximum absolute atomic E-state index is 11.1. The average Bonchev–Trinajstić information content (AvgIpc) is 2.64. The Morgan fingerprint density at radius 1 is 1.50 bits per heavy atom. The topological polar surface area (TPSA) is 46.9 Å². The molecule has 1 heterocycles. The van der Waals surface area contributed by atoms with Crippen LogP contribution in [0.4, 0.5) is 0 Å². The van der Waals surface area contributed by atoms with E-state index in [-0.39, 0.29) is 11.8 Å². The molecule has 0 saturated carbocycles. The first-order chi connectivity index (χ1) is 7.72. The number of hydrogen-bond donors (Lipinski definition) is 1. The molecule has 4 nitrogen and oxygen atoms in total. The number of alkyl halides is 1. The van der Waals surface area contributed by atoms with Crippen molar-refractivity contribution >= 4 is 17.5 Å². The van der Waals surface area contributed by atoms with Gasteiger partial charge in [-0.15, -0.1) is 11.6 Å². The zero-order valence-corrected chi connectivity index (χ0v) is 10.2. The van der Waals surface area contributed by atoms with Crippen LogP contribution in [0.1, 0.15) is 29.8 Å². The van der Waals surface area contributed by atoms with Crippen LogP contribution in [0.25, 0.3) is 0 Å². The van der Waals surface area contributed by atoms with Gasteiger partial charge in [-0.25, -0.2) is 0 Å². The van der Waals surface area contributed by atoms with Crippen LogP contribution in [0.3, 0.4) is 0 Å². The number of fused-ring (bicyclic) bond motifs is 1. The molecule has 1 aromatic rings. The fraction of sp³-hybridized carbons (Fsp3) is 0.636. The number of aryl methyl sites for hydroxylation is 1. The van der Waals surface area contributed by atoms with Crippen molar-refractivity contribution < 1.29 is 4.79 Å². The summed E-state index contributed by atoms with van der Waals surface area (Å²) in [5, 5.41) is 7.22. The molecule has 1 aliphatic carbocycles. The van der Waals surface area contributed by atoms with E-state index >= 15 is 0 Å². The molecular formula is C11H16ClN3O. The predicted molar refractivity (Wildman–Crippen MR) is 62.4 cm³/mol. The largest absolute Gasteiger partial charge is 0.349 e. The molecule has 0 radical (unpaired) electrons. The number of hydrogen-bond acceptors (Lipinski definition) is 2. The third-order valence-electron chi connectivity index (χ3n) is 3.02. The number of aromatic nitrogens is 2. The van der Waals surface area contributed by atoms with Gasteiger partial charge in [0.25, 0.3) is 0 Å². The van der Waals surface area contributed by atoms with Crippen LogP contribution in [0.5, 0.6) is 0 Å². The Hall–Kier alpha value is -1.03. The monoisotopic (exact) mass is 241 g/mol. The Bertz CT molecular complexity index is 400. The van der Waals surface area contributed by atoms with Gasteiger partial charge in [-0.3, -0.25) is 9.48 Å². The molecule has 1 aromatic heterocycles. The van der Waals surface area contributed by atoms with Crippen molar-refractivity contribution in [2.45, 2.75) is 32.2 Å². The van der Waals surface area contributed by atoms with E-state index in [0.29, 0.717) is 6.54 Å². The standard InChI is InChI=1S/C11H16ClN3O/c1-15-10-5-3-2-4-8(10)9(14-15)7-13-11(16)6-12/h2-7H2,1H3,(H,13,16). The van der Waals surface area contributed by atoms with Crippen LogP contribution in [0.15, 0.2) is 0 Å². The normalized spacial score (nSPS) is 14.6. The first kappa shape index (κ1) is 11.5. The second-order valence-electron chi connectivity index (χ2n) is 4.11. The van der Waals surface area contributed by atoms with Gasteiger partial charge in [-0.1, -0.05) is 0 Å². The molecule has 1 aliphatic rings. The molecule has 0 saturated heterocycles. The SMILES string of the molecule is Cn1nc(CNC(=O)CCl)c2c1CCCC2. The number of carbonyl (C=O) groups is 1. The molecule has 1 amide bonds. The van der Waals surface area contributed by atoms with E-state index in [9.17, 15) is 4.79 Å². The molecule has 0 aliphatic heterocycles. The summed E-state index contributed by atoms with van der Waals surface area (Å²) in [5.74, 6) is -0.133. The molecule has 0 unspecified atom stereocenters. The first-order valence-corrected chi connectivity index (χ1v) is 6.12. The van der Waals surface area contributed by atoms with E-state index in [1.165, 1.54) is 24.1 Å². The molecular weight excluding hydrogens is 226 g/mol. The van der Waals surface area contributed by atoms with Gasteiger partial charge < -0.3 is 5.32 Å². The van der Waals surface area contributed by atoms with Crippen LogP contribution >= 0.6 is 11.6 Å². The molecule has 0 atom stereocenters. The highest BCUT2D eigenvalue weighted by Crippen LogP contribution is 2.23. The Kier molecular flexibility index (Phi) is 3.49. The lowest BCUT2D eigenvalue weighted by atomic mass is 9.96. The lowest BCUT2D eigenvalue weighted by Crippen LogP contribution is -2.24. The molecule has 5 heteroatoms. The van der Waals surface area contributed by atoms with Crippen LogP contribution in [-0.4, -0.2) is 21.6 Å². The van der Waals surface area contributed by atoms with Crippen molar-refractivity contribution in [3.8, 4) is 0 Å². The molecule has 0 aromatic carbocycles. The molecule has 2 rings (SSSR count). The van der Waals surface area contributed by atoms with Crippen molar-refractivity contribution in [1.82, 2.24) is 15.1 Å². The lowest BCUT2D eigenvalue weighted by molar-refractivity contribution is -0.118. The van der Waals surface area contributed by atoms with Crippen LogP contribution in [0.2, 0.25) is 0 Å². The lowest BCUT2D eigenvalue weighted by Gasteiger charge is -2.12. The molecule has 0 bridgehead atoms. The van der Waals surface area contributed by atoms with Crippen molar-refractivity contribution in [2.75, 3.05) is 5.88 Å². The van der Waals surface area contributed by atoms with Crippen molar-refractivity contribution in [3.05, 3.63) is 17.0 Å². The highest BCUT2D eigenvalue weighted by molar-refractivity contribution is 6.27. The van der Waals surface area contributed by atoms with Crippen molar-refractivity contribution in [2.24, 2.45) is 7.05 Å². The number of nitrogens with zero attached hydrogens (tertiary/aromatic N) is 2. The van der Waals surface area contributed by atoms with Gasteiger partial charge in [0.15, 0.2) is 0 Å². The molecule has 16 heavy (non-hydrogen) atoms. The second kappa shape index (κ2) is 4.87. The van der Waals surface area contributed by atoms with Crippen LogP contribution in [-0.2, 0) is 31.2 Å². The number of nitrogens with one attached hydrogen (secondary N) is 1. The minimum absolute atomic E-state index is 0.00895. The fourth-order valence-corrected chi connectivity index (χ4v) is 2.33. The van der Waals surface area contributed by atoms with Crippen molar-refractivity contribution in [3.63, 3.8) is 0 Å². The number of amides is 1. The van der Waals surface area contributed by atoms with Crippen LogP contribution < -0.4 is 5.32 Å². The molecule has 1 N–H and O–H groups in total. The third-order valence-corrected chi connectivity index (χ3v) is 3.27. The summed E-state index contributed by atoms with van der Waals surface area (Å²) in [6.45, 7) is 0.495. The van der Waals surface area contributed by atoms with E-state index < -0.39 is 0 Å². The highest BCUT2D eigenvalue weighted by atomic mass is 35.5. The zero-order chi connectivity index (χ0) is 11.5. The summed E-state index contributed by atoms with van der Waals surface area (Å²) in [6.07, 6.45) is 4.63. The smallest absolute Gasteiger partial charge is 0.235 e. The molecule has 88 valence electrons. The summed E-state index contributed by atoms with van der Waals surface area (Å²) >= 11 is 5.43. The molecule has 0 spiro atoms. The van der Waals surface area contributed by atoms with Gasteiger partial charge in [-0.05, 0) is 31.2 Å². The minimum Gasteiger partial charge on any atom is -0.349 e. The summed E-state index contributed by atoms with van der Waals surface area (Å²) in [5.41, 5.74) is 3.64.